The van der Waals surface area contributed by atoms with Crippen LogP contribution in [-0.2, 0) is 14.8 Å². The lowest BCUT2D eigenvalue weighted by Gasteiger charge is -2.19. The summed E-state index contributed by atoms with van der Waals surface area (Å²) < 4.78 is 40.0. The molecule has 0 fully saturated rings. The van der Waals surface area contributed by atoms with E-state index < -0.39 is 15.8 Å². The van der Waals surface area contributed by atoms with Crippen LogP contribution in [0, 0.1) is 5.82 Å². The van der Waals surface area contributed by atoms with Crippen molar-refractivity contribution in [1.82, 2.24) is 9.62 Å². The zero-order valence-corrected chi connectivity index (χ0v) is 17.0. The first-order valence-electron chi connectivity index (χ1n) is 9.12. The Hall–Kier alpha value is -2.51. The van der Waals surface area contributed by atoms with E-state index in [4.69, 9.17) is 0 Å². The molecule has 0 bridgehead atoms. The minimum Gasteiger partial charge on any atom is -0.346 e. The highest BCUT2D eigenvalue weighted by Gasteiger charge is 2.21. The molecule has 0 aliphatic rings. The Morgan fingerprint density at radius 2 is 1.71 bits per heavy atom. The summed E-state index contributed by atoms with van der Waals surface area (Å²) in [6, 6.07) is 12.3. The molecular weight excluding hydrogens is 379 g/mol. The molecule has 1 unspecified atom stereocenters. The lowest BCUT2D eigenvalue weighted by molar-refractivity contribution is -0.117. The highest BCUT2D eigenvalue weighted by atomic mass is 32.2. The number of amides is 1. The molecule has 1 N–H and O–H groups in total. The smallest absolute Gasteiger partial charge is 0.244 e. The third-order valence-electron chi connectivity index (χ3n) is 4.40. The Kier molecular flexibility index (Phi) is 7.48. The normalized spacial score (nSPS) is 13.0. The zero-order valence-electron chi connectivity index (χ0n) is 16.2. The van der Waals surface area contributed by atoms with Crippen LogP contribution < -0.4 is 5.32 Å². The zero-order chi connectivity index (χ0) is 20.7. The Bertz CT molecular complexity index is 936. The molecule has 0 aliphatic heterocycles. The summed E-state index contributed by atoms with van der Waals surface area (Å²) in [5.41, 5.74) is 1.10. The number of sulfonamides is 1. The van der Waals surface area contributed by atoms with Gasteiger partial charge in [0, 0.05) is 24.7 Å². The van der Waals surface area contributed by atoms with Crippen molar-refractivity contribution in [2.75, 3.05) is 13.1 Å². The maximum Gasteiger partial charge on any atom is 0.244 e. The molecule has 2 aromatic rings. The fourth-order valence-corrected chi connectivity index (χ4v) is 4.22. The lowest BCUT2D eigenvalue weighted by atomic mass is 10.1. The van der Waals surface area contributed by atoms with Crippen molar-refractivity contribution in [2.24, 2.45) is 0 Å². The fourth-order valence-electron chi connectivity index (χ4n) is 2.76. The number of carbonyl (C=O) groups is 1. The van der Waals surface area contributed by atoms with Gasteiger partial charge in [-0.15, -0.1) is 0 Å². The Labute approximate surface area is 165 Å². The van der Waals surface area contributed by atoms with Gasteiger partial charge < -0.3 is 5.32 Å². The molecule has 1 atom stereocenters. The molecule has 0 heterocycles. The predicted molar refractivity (Wildman–Crippen MR) is 109 cm³/mol. The van der Waals surface area contributed by atoms with Crippen LogP contribution in [0.2, 0.25) is 0 Å². The predicted octanol–water partition coefficient (Wildman–Crippen LogP) is 3.75. The molecule has 0 radical (unpaired) electrons. The van der Waals surface area contributed by atoms with Gasteiger partial charge in [0.2, 0.25) is 15.9 Å². The molecule has 0 aromatic heterocycles. The van der Waals surface area contributed by atoms with Crippen molar-refractivity contribution in [3.05, 3.63) is 71.6 Å². The van der Waals surface area contributed by atoms with Crippen molar-refractivity contribution >= 4 is 22.0 Å². The second kappa shape index (κ2) is 9.61. The van der Waals surface area contributed by atoms with Crippen LogP contribution in [0.3, 0.4) is 0 Å². The molecule has 0 aliphatic carbocycles. The van der Waals surface area contributed by atoms with E-state index in [2.05, 4.69) is 5.32 Å². The van der Waals surface area contributed by atoms with Gasteiger partial charge in [0.15, 0.2) is 0 Å². The first kappa shape index (κ1) is 21.8. The van der Waals surface area contributed by atoms with Crippen molar-refractivity contribution in [3.8, 4) is 0 Å². The van der Waals surface area contributed by atoms with E-state index >= 15 is 0 Å². The number of halogens is 1. The van der Waals surface area contributed by atoms with Gasteiger partial charge in [-0.05, 0) is 36.8 Å². The van der Waals surface area contributed by atoms with Crippen LogP contribution in [0.4, 0.5) is 4.39 Å². The van der Waals surface area contributed by atoms with E-state index in [9.17, 15) is 17.6 Å². The molecule has 0 spiro atoms. The Balaban J connectivity index is 2.06. The van der Waals surface area contributed by atoms with Gasteiger partial charge in [-0.1, -0.05) is 44.2 Å². The average molecular weight is 405 g/mol. The number of carbonyl (C=O) groups excluding carboxylic acids is 1. The Morgan fingerprint density at radius 1 is 1.11 bits per heavy atom. The monoisotopic (exact) mass is 404 g/mol. The van der Waals surface area contributed by atoms with Crippen molar-refractivity contribution in [1.29, 1.82) is 0 Å². The minimum absolute atomic E-state index is 0.220. The molecule has 0 saturated heterocycles. The first-order valence-corrected chi connectivity index (χ1v) is 10.6. The molecule has 7 heteroatoms. The SMILES string of the molecule is CCN(CC)S(=O)(=O)c1ccc(C(C)NC(=O)/C=C/c2ccccc2F)cc1. The topological polar surface area (TPSA) is 66.5 Å². The standard InChI is InChI=1S/C21H25FN2O3S/c1-4-24(5-2)28(26,27)19-13-10-17(11-14-19)16(3)23-21(25)15-12-18-8-6-7-9-20(18)22/h6-16H,4-5H2,1-3H3,(H,23,25)/b15-12+. The lowest BCUT2D eigenvalue weighted by Crippen LogP contribution is -2.30. The molecule has 0 saturated carbocycles. The number of nitrogens with one attached hydrogen (secondary N) is 1. The van der Waals surface area contributed by atoms with Gasteiger partial charge in [-0.3, -0.25) is 4.79 Å². The average Bonchev–Trinajstić information content (AvgIpc) is 2.68. The van der Waals surface area contributed by atoms with Crippen LogP contribution in [-0.4, -0.2) is 31.7 Å². The molecular formula is C21H25FN2O3S. The molecule has 150 valence electrons. The maximum absolute atomic E-state index is 13.6. The Morgan fingerprint density at radius 3 is 2.29 bits per heavy atom. The number of benzene rings is 2. The fraction of sp³-hybridized carbons (Fsp3) is 0.286. The maximum atomic E-state index is 13.6. The molecule has 1 amide bonds. The summed E-state index contributed by atoms with van der Waals surface area (Å²) in [5.74, 6) is -0.764. The van der Waals surface area contributed by atoms with Crippen molar-refractivity contribution in [2.45, 2.75) is 31.7 Å². The van der Waals surface area contributed by atoms with Gasteiger partial charge in [-0.25, -0.2) is 12.8 Å². The van der Waals surface area contributed by atoms with E-state index in [1.807, 2.05) is 0 Å². The van der Waals surface area contributed by atoms with Gasteiger partial charge >= 0.3 is 0 Å². The van der Waals surface area contributed by atoms with Crippen molar-refractivity contribution in [3.63, 3.8) is 0 Å². The molecule has 2 aromatic carbocycles. The van der Waals surface area contributed by atoms with E-state index in [0.717, 1.165) is 5.56 Å². The molecule has 2 rings (SSSR count). The number of nitrogens with zero attached hydrogens (tertiary/aromatic N) is 1. The van der Waals surface area contributed by atoms with Crippen LogP contribution >= 0.6 is 0 Å². The van der Waals surface area contributed by atoms with Gasteiger partial charge in [0.05, 0.1) is 10.9 Å². The first-order chi connectivity index (χ1) is 13.3. The summed E-state index contributed by atoms with van der Waals surface area (Å²) in [6.45, 7) is 6.19. The third-order valence-corrected chi connectivity index (χ3v) is 6.47. The van der Waals surface area contributed by atoms with Crippen LogP contribution in [0.25, 0.3) is 6.08 Å². The van der Waals surface area contributed by atoms with Crippen LogP contribution in [0.5, 0.6) is 0 Å². The van der Waals surface area contributed by atoms with E-state index in [1.54, 1.807) is 63.2 Å². The number of hydrogen-bond acceptors (Lipinski definition) is 3. The van der Waals surface area contributed by atoms with Gasteiger partial charge in [0.1, 0.15) is 5.82 Å². The second-order valence-electron chi connectivity index (χ2n) is 6.24. The van der Waals surface area contributed by atoms with Gasteiger partial charge in [-0.2, -0.15) is 4.31 Å². The van der Waals surface area contributed by atoms with E-state index in [0.29, 0.717) is 18.7 Å². The number of hydrogen-bond donors (Lipinski definition) is 1. The van der Waals surface area contributed by atoms with E-state index in [-0.39, 0.29) is 16.8 Å². The summed E-state index contributed by atoms with van der Waals surface area (Å²) in [4.78, 5) is 12.3. The van der Waals surface area contributed by atoms with Crippen molar-refractivity contribution < 1.29 is 17.6 Å². The largest absolute Gasteiger partial charge is 0.346 e. The second-order valence-corrected chi connectivity index (χ2v) is 8.18. The summed E-state index contributed by atoms with van der Waals surface area (Å²) in [5, 5.41) is 2.78. The highest BCUT2D eigenvalue weighted by molar-refractivity contribution is 7.89. The highest BCUT2D eigenvalue weighted by Crippen LogP contribution is 2.19. The quantitative estimate of drug-likeness (QED) is 0.682. The van der Waals surface area contributed by atoms with Gasteiger partial charge in [0.25, 0.3) is 0 Å². The molecule has 5 nitrogen and oxygen atoms in total. The van der Waals surface area contributed by atoms with E-state index in [1.165, 1.54) is 22.5 Å². The molecule has 28 heavy (non-hydrogen) atoms. The summed E-state index contributed by atoms with van der Waals surface area (Å²) >= 11 is 0. The van der Waals surface area contributed by atoms with Crippen LogP contribution in [0.15, 0.2) is 59.5 Å². The third kappa shape index (κ3) is 5.27. The summed E-state index contributed by atoms with van der Waals surface area (Å²) in [7, 11) is -3.51. The van der Waals surface area contributed by atoms with Crippen LogP contribution in [0.1, 0.15) is 37.9 Å². The minimum atomic E-state index is -3.51. The number of rotatable bonds is 8. The summed E-state index contributed by atoms with van der Waals surface area (Å²) in [6.07, 6.45) is 2.69.